The van der Waals surface area contributed by atoms with Crippen molar-refractivity contribution in [3.63, 3.8) is 0 Å². The van der Waals surface area contributed by atoms with E-state index in [4.69, 9.17) is 16.4 Å². The van der Waals surface area contributed by atoms with E-state index in [1.54, 1.807) is 6.20 Å². The van der Waals surface area contributed by atoms with Crippen molar-refractivity contribution in [1.82, 2.24) is 4.98 Å². The molecule has 44 valence electrons. The minimum absolute atomic E-state index is 0.606. The van der Waals surface area contributed by atoms with Crippen LogP contribution in [0.1, 0.15) is 0 Å². The molecule has 2 nitrogen and oxygen atoms in total. The highest BCUT2D eigenvalue weighted by Gasteiger charge is 1.79. The third kappa shape index (κ3) is 2.71. The molecule has 0 spiro atoms. The van der Waals surface area contributed by atoms with E-state index in [1.807, 2.05) is 12.2 Å². The maximum absolute atomic E-state index is 8.00. The Morgan fingerprint density at radius 2 is 2.38 bits per heavy atom. The molecule has 0 aromatic carbocycles. The van der Waals surface area contributed by atoms with E-state index in [0.717, 1.165) is 0 Å². The fraction of sp³-hybridized carbons (Fsp3) is 0. The van der Waals surface area contributed by atoms with Crippen LogP contribution in [-0.4, -0.2) is 11.8 Å². The van der Waals surface area contributed by atoms with Crippen LogP contribution in [0.5, 0.6) is 0 Å². The number of thiazole rings is 1. The Balaban J connectivity index is 0.000000222. The minimum atomic E-state index is 0.606. The molecule has 0 radical (unpaired) electrons. The van der Waals surface area contributed by atoms with Crippen LogP contribution in [0.2, 0.25) is 4.47 Å². The van der Waals surface area contributed by atoms with Gasteiger partial charge in [-0.05, 0) is 0 Å². The summed E-state index contributed by atoms with van der Waals surface area (Å²) in [5.74, 6) is 0. The zero-order chi connectivity index (χ0) is 6.41. The van der Waals surface area contributed by atoms with E-state index >= 15 is 0 Å². The van der Waals surface area contributed by atoms with Gasteiger partial charge in [-0.3, -0.25) is 0 Å². The average molecular weight is 150 g/mol. The van der Waals surface area contributed by atoms with Gasteiger partial charge in [0.25, 0.3) is 0 Å². The first-order valence-corrected chi connectivity index (χ1v) is 2.99. The van der Waals surface area contributed by atoms with Crippen molar-refractivity contribution < 1.29 is 4.79 Å². The Labute approximate surface area is 56.1 Å². The number of aromatic nitrogens is 1. The van der Waals surface area contributed by atoms with Crippen LogP contribution in [0.4, 0.5) is 0 Å². The maximum Gasteiger partial charge on any atom is 0.183 e. The van der Waals surface area contributed by atoms with Crippen molar-refractivity contribution in [2.75, 3.05) is 0 Å². The van der Waals surface area contributed by atoms with Gasteiger partial charge in [0.05, 0.1) is 0 Å². The summed E-state index contributed by atoms with van der Waals surface area (Å²) in [7, 11) is 0. The maximum atomic E-state index is 8.00. The van der Waals surface area contributed by atoms with Crippen molar-refractivity contribution in [3.05, 3.63) is 16.0 Å². The Morgan fingerprint density at radius 3 is 2.50 bits per heavy atom. The summed E-state index contributed by atoms with van der Waals surface area (Å²) in [5, 5.41) is 1.84. The largest absolute Gasteiger partial charge is 0.307 e. The molecular weight excluding hydrogens is 146 g/mol. The Hall–Kier alpha value is -0.410. The topological polar surface area (TPSA) is 30.0 Å². The van der Waals surface area contributed by atoms with Gasteiger partial charge in [0.1, 0.15) is 6.79 Å². The van der Waals surface area contributed by atoms with Crippen LogP contribution in [0.25, 0.3) is 0 Å². The van der Waals surface area contributed by atoms with Gasteiger partial charge < -0.3 is 4.79 Å². The summed E-state index contributed by atoms with van der Waals surface area (Å²) in [4.78, 5) is 11.7. The molecule has 0 unspecified atom stereocenters. The summed E-state index contributed by atoms with van der Waals surface area (Å²) in [5.41, 5.74) is 0. The lowest BCUT2D eigenvalue weighted by atomic mass is 11.0. The van der Waals surface area contributed by atoms with E-state index < -0.39 is 0 Å². The van der Waals surface area contributed by atoms with Gasteiger partial charge in [0, 0.05) is 11.6 Å². The number of carbonyl (C=O) groups excluding carboxylic acids is 1. The van der Waals surface area contributed by atoms with E-state index in [0.29, 0.717) is 4.47 Å². The zero-order valence-electron chi connectivity index (χ0n) is 4.00. The Morgan fingerprint density at radius 1 is 1.75 bits per heavy atom. The van der Waals surface area contributed by atoms with Crippen LogP contribution in [0, 0.1) is 0 Å². The van der Waals surface area contributed by atoms with Gasteiger partial charge in [-0.2, -0.15) is 0 Å². The standard InChI is InChI=1S/C3H2ClNS.CH2O/c4-3-5-1-2-6-3;1-2/h1-2H;1H2. The third-order valence-electron chi connectivity index (χ3n) is 0.402. The minimum Gasteiger partial charge on any atom is -0.307 e. The number of hydrogen-bond donors (Lipinski definition) is 0. The first-order chi connectivity index (χ1) is 3.89. The van der Waals surface area contributed by atoms with E-state index in [9.17, 15) is 0 Å². The highest BCUT2D eigenvalue weighted by atomic mass is 35.5. The lowest BCUT2D eigenvalue weighted by Gasteiger charge is -1.61. The summed E-state index contributed by atoms with van der Waals surface area (Å²) >= 11 is 6.79. The first-order valence-electron chi connectivity index (χ1n) is 1.73. The molecule has 0 amide bonds. The van der Waals surface area contributed by atoms with Crippen molar-refractivity contribution in [2.24, 2.45) is 0 Å². The predicted molar refractivity (Wildman–Crippen MR) is 34.2 cm³/mol. The highest BCUT2D eigenvalue weighted by Crippen LogP contribution is 2.08. The first kappa shape index (κ1) is 7.59. The predicted octanol–water partition coefficient (Wildman–Crippen LogP) is 1.61. The number of rotatable bonds is 0. The molecule has 0 atom stereocenters. The number of carbonyl (C=O) groups is 1. The number of halogens is 1. The lowest BCUT2D eigenvalue weighted by Crippen LogP contribution is -1.47. The second-order valence-corrected chi connectivity index (χ2v) is 2.26. The molecule has 0 N–H and O–H groups in total. The summed E-state index contributed by atoms with van der Waals surface area (Å²) in [6.45, 7) is 2.00. The van der Waals surface area contributed by atoms with Crippen LogP contribution in [0.3, 0.4) is 0 Å². The van der Waals surface area contributed by atoms with Crippen LogP contribution < -0.4 is 0 Å². The van der Waals surface area contributed by atoms with Crippen molar-refractivity contribution in [2.45, 2.75) is 0 Å². The fourth-order valence-corrected chi connectivity index (χ4v) is 0.772. The monoisotopic (exact) mass is 149 g/mol. The normalized spacial score (nSPS) is 7.12. The summed E-state index contributed by atoms with van der Waals surface area (Å²) in [6, 6.07) is 0. The summed E-state index contributed by atoms with van der Waals surface area (Å²) < 4.78 is 0.606. The molecule has 0 aliphatic carbocycles. The molecule has 4 heteroatoms. The van der Waals surface area contributed by atoms with Gasteiger partial charge >= 0.3 is 0 Å². The van der Waals surface area contributed by atoms with Crippen molar-refractivity contribution in [1.29, 1.82) is 0 Å². The molecule has 1 aromatic heterocycles. The fourth-order valence-electron chi connectivity index (χ4n) is 0.206. The third-order valence-corrected chi connectivity index (χ3v) is 1.32. The lowest BCUT2D eigenvalue weighted by molar-refractivity contribution is -0.0979. The van der Waals surface area contributed by atoms with Gasteiger partial charge in [-0.25, -0.2) is 4.98 Å². The van der Waals surface area contributed by atoms with E-state index in [1.165, 1.54) is 11.3 Å². The summed E-state index contributed by atoms with van der Waals surface area (Å²) in [6.07, 6.45) is 1.67. The SMILES string of the molecule is C=O.Clc1nccs1. The average Bonchev–Trinajstić information content (AvgIpc) is 2.24. The Bertz CT molecular complexity index is 131. The molecule has 1 aromatic rings. The zero-order valence-corrected chi connectivity index (χ0v) is 5.58. The molecular formula is C4H4ClNOS. The molecule has 1 rings (SSSR count). The Kier molecular flexibility index (Phi) is 4.50. The van der Waals surface area contributed by atoms with Gasteiger partial charge in [0.2, 0.25) is 0 Å². The van der Waals surface area contributed by atoms with Crippen molar-refractivity contribution in [3.8, 4) is 0 Å². The molecule has 0 bridgehead atoms. The van der Waals surface area contributed by atoms with Crippen LogP contribution in [-0.2, 0) is 4.79 Å². The quantitative estimate of drug-likeness (QED) is 0.561. The smallest absolute Gasteiger partial charge is 0.183 e. The van der Waals surface area contributed by atoms with Crippen LogP contribution in [0.15, 0.2) is 11.6 Å². The molecule has 1 heterocycles. The number of hydrogen-bond acceptors (Lipinski definition) is 3. The van der Waals surface area contributed by atoms with E-state index in [-0.39, 0.29) is 0 Å². The molecule has 0 aliphatic rings. The van der Waals surface area contributed by atoms with Gasteiger partial charge in [0.15, 0.2) is 4.47 Å². The molecule has 8 heavy (non-hydrogen) atoms. The highest BCUT2D eigenvalue weighted by molar-refractivity contribution is 7.13. The molecule has 0 fully saturated rings. The second-order valence-electron chi connectivity index (χ2n) is 0.785. The van der Waals surface area contributed by atoms with Gasteiger partial charge in [-0.15, -0.1) is 11.3 Å². The molecule has 0 saturated heterocycles. The van der Waals surface area contributed by atoms with E-state index in [2.05, 4.69) is 4.98 Å². The van der Waals surface area contributed by atoms with Gasteiger partial charge in [-0.1, -0.05) is 11.6 Å². The molecule has 0 saturated carbocycles. The molecule has 0 aliphatic heterocycles. The van der Waals surface area contributed by atoms with Crippen LogP contribution >= 0.6 is 22.9 Å². The van der Waals surface area contributed by atoms with Crippen molar-refractivity contribution >= 4 is 29.7 Å². The second kappa shape index (κ2) is 4.74. The number of nitrogens with zero attached hydrogens (tertiary/aromatic N) is 1.